The molecule has 1 aliphatic carbocycles. The third-order valence-corrected chi connectivity index (χ3v) is 4.27. The number of piperidine rings is 1. The van der Waals surface area contributed by atoms with E-state index in [0.717, 1.165) is 25.5 Å². The standard InChI is InChI=1S/C14H24N2O/c1-2-17-14-7-9-16(10-8-14)13-5-3-12(11-15)4-6-13/h12-14H,2-10H2,1H3/t12-,13-. The van der Waals surface area contributed by atoms with Crippen LogP contribution in [0.1, 0.15) is 45.4 Å². The highest BCUT2D eigenvalue weighted by Gasteiger charge is 2.28. The van der Waals surface area contributed by atoms with Crippen molar-refractivity contribution in [3.63, 3.8) is 0 Å². The van der Waals surface area contributed by atoms with Crippen molar-refractivity contribution in [3.05, 3.63) is 0 Å². The van der Waals surface area contributed by atoms with Crippen LogP contribution in [0.15, 0.2) is 0 Å². The van der Waals surface area contributed by atoms with Crippen molar-refractivity contribution in [3.8, 4) is 6.07 Å². The van der Waals surface area contributed by atoms with E-state index in [2.05, 4.69) is 17.9 Å². The fraction of sp³-hybridized carbons (Fsp3) is 0.929. The summed E-state index contributed by atoms with van der Waals surface area (Å²) in [5.74, 6) is 0.326. The Kier molecular flexibility index (Phi) is 4.82. The predicted molar refractivity (Wildman–Crippen MR) is 67.6 cm³/mol. The van der Waals surface area contributed by atoms with E-state index in [4.69, 9.17) is 10.00 Å². The summed E-state index contributed by atoms with van der Waals surface area (Å²) in [7, 11) is 0. The van der Waals surface area contributed by atoms with E-state index in [0.29, 0.717) is 12.0 Å². The molecule has 0 aromatic rings. The minimum atomic E-state index is 0.326. The molecule has 0 spiro atoms. The van der Waals surface area contributed by atoms with Crippen molar-refractivity contribution in [1.29, 1.82) is 5.26 Å². The molecule has 2 rings (SSSR count). The molecule has 0 bridgehead atoms. The van der Waals surface area contributed by atoms with E-state index in [1.165, 1.54) is 38.8 Å². The lowest BCUT2D eigenvalue weighted by atomic mass is 9.85. The first-order chi connectivity index (χ1) is 8.33. The highest BCUT2D eigenvalue weighted by atomic mass is 16.5. The molecule has 0 radical (unpaired) electrons. The maximum absolute atomic E-state index is 8.90. The van der Waals surface area contributed by atoms with Gasteiger partial charge in [0, 0.05) is 31.7 Å². The molecule has 0 atom stereocenters. The van der Waals surface area contributed by atoms with Gasteiger partial charge in [0.1, 0.15) is 0 Å². The Morgan fingerprint density at radius 2 is 1.76 bits per heavy atom. The lowest BCUT2D eigenvalue weighted by Crippen LogP contribution is -2.44. The number of hydrogen-bond acceptors (Lipinski definition) is 3. The molecule has 1 saturated carbocycles. The van der Waals surface area contributed by atoms with Crippen LogP contribution in [0.3, 0.4) is 0 Å². The van der Waals surface area contributed by atoms with Crippen LogP contribution in [-0.4, -0.2) is 36.7 Å². The average molecular weight is 236 g/mol. The molecule has 3 heteroatoms. The monoisotopic (exact) mass is 236 g/mol. The van der Waals surface area contributed by atoms with Crippen LogP contribution >= 0.6 is 0 Å². The first-order valence-corrected chi connectivity index (χ1v) is 7.08. The number of ether oxygens (including phenoxy) is 1. The molecule has 1 aliphatic heterocycles. The van der Waals surface area contributed by atoms with E-state index < -0.39 is 0 Å². The predicted octanol–water partition coefficient (Wildman–Crippen LogP) is 2.57. The normalized spacial score (nSPS) is 32.2. The van der Waals surface area contributed by atoms with Gasteiger partial charge in [0.2, 0.25) is 0 Å². The van der Waals surface area contributed by atoms with E-state index in [1.807, 2.05) is 0 Å². The fourth-order valence-electron chi connectivity index (χ4n) is 3.21. The topological polar surface area (TPSA) is 36.3 Å². The van der Waals surface area contributed by atoms with Gasteiger partial charge < -0.3 is 9.64 Å². The molecular formula is C14H24N2O. The van der Waals surface area contributed by atoms with Gasteiger partial charge in [0.25, 0.3) is 0 Å². The van der Waals surface area contributed by atoms with Gasteiger partial charge in [0.05, 0.1) is 12.2 Å². The highest BCUT2D eigenvalue weighted by Crippen LogP contribution is 2.29. The Labute approximate surface area is 105 Å². The number of likely N-dealkylation sites (tertiary alicyclic amines) is 1. The third kappa shape index (κ3) is 3.43. The van der Waals surface area contributed by atoms with Crippen LogP contribution in [-0.2, 0) is 4.74 Å². The third-order valence-electron chi connectivity index (χ3n) is 4.27. The zero-order chi connectivity index (χ0) is 12.1. The van der Waals surface area contributed by atoms with Crippen LogP contribution in [0.5, 0.6) is 0 Å². The van der Waals surface area contributed by atoms with Crippen LogP contribution in [0, 0.1) is 17.2 Å². The summed E-state index contributed by atoms with van der Waals surface area (Å²) in [6.45, 7) is 5.30. The molecule has 2 aliphatic rings. The van der Waals surface area contributed by atoms with Crippen molar-refractivity contribution >= 4 is 0 Å². The molecule has 0 N–H and O–H groups in total. The maximum atomic E-state index is 8.90. The number of nitriles is 1. The number of rotatable bonds is 3. The van der Waals surface area contributed by atoms with Crippen LogP contribution in [0.25, 0.3) is 0 Å². The molecular weight excluding hydrogens is 212 g/mol. The van der Waals surface area contributed by atoms with E-state index >= 15 is 0 Å². The van der Waals surface area contributed by atoms with E-state index in [1.54, 1.807) is 0 Å². The van der Waals surface area contributed by atoms with Gasteiger partial charge >= 0.3 is 0 Å². The highest BCUT2D eigenvalue weighted by molar-refractivity contribution is 4.90. The van der Waals surface area contributed by atoms with Crippen LogP contribution in [0.2, 0.25) is 0 Å². The Hall–Kier alpha value is -0.590. The summed E-state index contributed by atoms with van der Waals surface area (Å²) in [5.41, 5.74) is 0. The minimum Gasteiger partial charge on any atom is -0.378 e. The summed E-state index contributed by atoms with van der Waals surface area (Å²) in [4.78, 5) is 2.63. The lowest BCUT2D eigenvalue weighted by Gasteiger charge is -2.39. The Balaban J connectivity index is 1.72. The number of hydrogen-bond donors (Lipinski definition) is 0. The quantitative estimate of drug-likeness (QED) is 0.755. The van der Waals surface area contributed by atoms with E-state index in [-0.39, 0.29) is 0 Å². The van der Waals surface area contributed by atoms with Crippen molar-refractivity contribution in [2.24, 2.45) is 5.92 Å². The second-order valence-electron chi connectivity index (χ2n) is 5.33. The number of nitrogens with zero attached hydrogens (tertiary/aromatic N) is 2. The summed E-state index contributed by atoms with van der Waals surface area (Å²) in [5, 5.41) is 8.90. The fourth-order valence-corrected chi connectivity index (χ4v) is 3.21. The summed E-state index contributed by atoms with van der Waals surface area (Å²) < 4.78 is 5.68. The van der Waals surface area contributed by atoms with Crippen molar-refractivity contribution < 1.29 is 4.74 Å². The van der Waals surface area contributed by atoms with Gasteiger partial charge in [-0.3, -0.25) is 0 Å². The van der Waals surface area contributed by atoms with Crippen molar-refractivity contribution in [2.75, 3.05) is 19.7 Å². The van der Waals surface area contributed by atoms with Crippen LogP contribution < -0.4 is 0 Å². The minimum absolute atomic E-state index is 0.326. The van der Waals surface area contributed by atoms with Gasteiger partial charge in [-0.2, -0.15) is 5.26 Å². The second kappa shape index (κ2) is 6.37. The molecule has 1 heterocycles. The zero-order valence-electron chi connectivity index (χ0n) is 10.9. The largest absolute Gasteiger partial charge is 0.378 e. The molecule has 17 heavy (non-hydrogen) atoms. The molecule has 1 saturated heterocycles. The summed E-state index contributed by atoms with van der Waals surface area (Å²) >= 11 is 0. The summed E-state index contributed by atoms with van der Waals surface area (Å²) in [6.07, 6.45) is 7.51. The van der Waals surface area contributed by atoms with Gasteiger partial charge in [-0.1, -0.05) is 0 Å². The average Bonchev–Trinajstić information content (AvgIpc) is 2.40. The van der Waals surface area contributed by atoms with Gasteiger partial charge in [-0.15, -0.1) is 0 Å². The lowest BCUT2D eigenvalue weighted by molar-refractivity contribution is -0.00141. The Bertz CT molecular complexity index is 258. The van der Waals surface area contributed by atoms with Crippen molar-refractivity contribution in [2.45, 2.75) is 57.6 Å². The molecule has 0 amide bonds. The first-order valence-electron chi connectivity index (χ1n) is 7.08. The van der Waals surface area contributed by atoms with Gasteiger partial charge in [-0.25, -0.2) is 0 Å². The zero-order valence-corrected chi connectivity index (χ0v) is 10.9. The molecule has 2 fully saturated rings. The molecule has 0 aromatic carbocycles. The smallest absolute Gasteiger partial charge is 0.0655 e. The molecule has 96 valence electrons. The van der Waals surface area contributed by atoms with E-state index in [9.17, 15) is 0 Å². The summed E-state index contributed by atoms with van der Waals surface area (Å²) in [6, 6.07) is 3.15. The van der Waals surface area contributed by atoms with Crippen LogP contribution in [0.4, 0.5) is 0 Å². The molecule has 3 nitrogen and oxygen atoms in total. The SMILES string of the molecule is CCOC1CCN([C@H]2CC[C@H](C#N)CC2)CC1. The molecule has 0 unspecified atom stereocenters. The Morgan fingerprint density at radius 1 is 1.12 bits per heavy atom. The van der Waals surface area contributed by atoms with Gasteiger partial charge in [0.15, 0.2) is 0 Å². The molecule has 0 aromatic heterocycles. The second-order valence-corrected chi connectivity index (χ2v) is 5.33. The Morgan fingerprint density at radius 3 is 2.29 bits per heavy atom. The van der Waals surface area contributed by atoms with Crippen molar-refractivity contribution in [1.82, 2.24) is 4.90 Å². The first kappa shape index (κ1) is 12.9. The maximum Gasteiger partial charge on any atom is 0.0655 e. The van der Waals surface area contributed by atoms with Gasteiger partial charge in [-0.05, 0) is 45.4 Å².